The molecule has 6 nitrogen and oxygen atoms in total. The van der Waals surface area contributed by atoms with Crippen LogP contribution in [0.4, 0.5) is 11.5 Å². The highest BCUT2D eigenvalue weighted by atomic mass is 32.1. The highest BCUT2D eigenvalue weighted by Crippen LogP contribution is 2.35. The van der Waals surface area contributed by atoms with Gasteiger partial charge in [-0.15, -0.1) is 11.3 Å². The largest absolute Gasteiger partial charge is 0.494 e. The van der Waals surface area contributed by atoms with E-state index in [1.807, 2.05) is 50.2 Å². The number of thiophene rings is 1. The average Bonchev–Trinajstić information content (AvgIpc) is 3.31. The van der Waals surface area contributed by atoms with Gasteiger partial charge in [0, 0.05) is 21.8 Å². The van der Waals surface area contributed by atoms with E-state index in [-0.39, 0.29) is 6.42 Å². The van der Waals surface area contributed by atoms with Crippen molar-refractivity contribution in [1.82, 2.24) is 9.97 Å². The summed E-state index contributed by atoms with van der Waals surface area (Å²) in [5, 5.41) is 12.4. The number of hydrogen-bond donors (Lipinski definition) is 2. The highest BCUT2D eigenvalue weighted by Gasteiger charge is 2.14. The van der Waals surface area contributed by atoms with E-state index in [0.29, 0.717) is 12.4 Å². The van der Waals surface area contributed by atoms with Crippen molar-refractivity contribution in [3.05, 3.63) is 77.5 Å². The molecular formula is C27H27N3O3S. The molecule has 0 aliphatic rings. The number of carbonyl (C=O) groups is 1. The number of carboxylic acids is 1. The van der Waals surface area contributed by atoms with Crippen molar-refractivity contribution in [1.29, 1.82) is 0 Å². The van der Waals surface area contributed by atoms with Crippen LogP contribution in [0.2, 0.25) is 0 Å². The van der Waals surface area contributed by atoms with Gasteiger partial charge in [0.1, 0.15) is 11.6 Å². The van der Waals surface area contributed by atoms with Gasteiger partial charge in [0.05, 0.1) is 17.9 Å². The van der Waals surface area contributed by atoms with E-state index in [2.05, 4.69) is 36.5 Å². The molecule has 0 amide bonds. The molecule has 0 unspecified atom stereocenters. The number of benzene rings is 2. The normalized spacial score (nSPS) is 10.8. The first-order valence-corrected chi connectivity index (χ1v) is 12.1. The Morgan fingerprint density at radius 1 is 0.971 bits per heavy atom. The number of carboxylic acid groups (broad SMARTS) is 1. The quantitative estimate of drug-likeness (QED) is 0.288. The summed E-state index contributed by atoms with van der Waals surface area (Å²) in [6.45, 7) is 6.71. The maximum Gasteiger partial charge on any atom is 0.307 e. The van der Waals surface area contributed by atoms with Crippen molar-refractivity contribution in [3.8, 4) is 26.9 Å². The minimum atomic E-state index is -0.842. The van der Waals surface area contributed by atoms with E-state index in [1.165, 1.54) is 0 Å². The van der Waals surface area contributed by atoms with Crippen molar-refractivity contribution in [2.24, 2.45) is 0 Å². The summed E-state index contributed by atoms with van der Waals surface area (Å²) in [6, 6.07) is 19.6. The second-order valence-electron chi connectivity index (χ2n) is 7.83. The van der Waals surface area contributed by atoms with Crippen LogP contribution in [0.1, 0.15) is 30.7 Å². The van der Waals surface area contributed by atoms with Crippen LogP contribution >= 0.6 is 11.3 Å². The fourth-order valence-electron chi connectivity index (χ4n) is 3.75. The van der Waals surface area contributed by atoms with Crippen molar-refractivity contribution >= 4 is 28.8 Å². The van der Waals surface area contributed by atoms with Crippen molar-refractivity contribution in [3.63, 3.8) is 0 Å². The van der Waals surface area contributed by atoms with Gasteiger partial charge in [-0.1, -0.05) is 19.1 Å². The van der Waals surface area contributed by atoms with Crippen LogP contribution in [0.5, 0.6) is 5.75 Å². The highest BCUT2D eigenvalue weighted by molar-refractivity contribution is 7.18. The Kier molecular flexibility index (Phi) is 7.23. The van der Waals surface area contributed by atoms with Gasteiger partial charge < -0.3 is 15.2 Å². The van der Waals surface area contributed by atoms with Crippen LogP contribution in [-0.2, 0) is 17.6 Å². The molecule has 0 saturated carbocycles. The summed E-state index contributed by atoms with van der Waals surface area (Å²) < 4.78 is 5.54. The molecular weight excluding hydrogens is 446 g/mol. The van der Waals surface area contributed by atoms with Gasteiger partial charge in [-0.25, -0.2) is 9.97 Å². The molecule has 0 spiro atoms. The second-order valence-corrected chi connectivity index (χ2v) is 8.91. The number of nitrogens with one attached hydrogen (secondary N) is 1. The summed E-state index contributed by atoms with van der Waals surface area (Å²) in [4.78, 5) is 22.7. The van der Waals surface area contributed by atoms with E-state index in [9.17, 15) is 4.79 Å². The minimum absolute atomic E-state index is 0.00627. The number of hydrogen-bond acceptors (Lipinski definition) is 6. The molecule has 7 heteroatoms. The zero-order valence-electron chi connectivity index (χ0n) is 19.5. The lowest BCUT2D eigenvalue weighted by molar-refractivity contribution is -0.136. The van der Waals surface area contributed by atoms with Crippen LogP contribution in [0.15, 0.2) is 60.7 Å². The van der Waals surface area contributed by atoms with E-state index >= 15 is 0 Å². The van der Waals surface area contributed by atoms with Gasteiger partial charge >= 0.3 is 5.97 Å². The third-order valence-corrected chi connectivity index (χ3v) is 6.55. The van der Waals surface area contributed by atoms with E-state index in [1.54, 1.807) is 11.3 Å². The van der Waals surface area contributed by atoms with Crippen molar-refractivity contribution in [2.45, 2.75) is 33.6 Å². The number of rotatable bonds is 9. The fraction of sp³-hybridized carbons (Fsp3) is 0.222. The summed E-state index contributed by atoms with van der Waals surface area (Å²) in [7, 11) is 0. The van der Waals surface area contributed by atoms with Crippen LogP contribution in [-0.4, -0.2) is 27.7 Å². The molecule has 0 radical (unpaired) electrons. The van der Waals surface area contributed by atoms with Gasteiger partial charge in [-0.2, -0.15) is 0 Å². The fourth-order valence-corrected chi connectivity index (χ4v) is 4.69. The first-order chi connectivity index (χ1) is 16.5. The molecule has 2 heterocycles. The molecule has 2 N–H and O–H groups in total. The Labute approximate surface area is 203 Å². The van der Waals surface area contributed by atoms with Crippen molar-refractivity contribution < 1.29 is 14.6 Å². The van der Waals surface area contributed by atoms with Gasteiger partial charge in [0.2, 0.25) is 0 Å². The second kappa shape index (κ2) is 10.5. The average molecular weight is 474 g/mol. The zero-order valence-corrected chi connectivity index (χ0v) is 20.3. The van der Waals surface area contributed by atoms with E-state index in [0.717, 1.165) is 55.8 Å². The van der Waals surface area contributed by atoms with Gasteiger partial charge in [0.15, 0.2) is 5.82 Å². The van der Waals surface area contributed by atoms with Crippen molar-refractivity contribution in [2.75, 3.05) is 11.9 Å². The standard InChI is InChI=1S/C27H27N3O3S/c1-4-22-17(3)28-27(30-26(22)29-20-10-6-18(7-11-20)16-25(31)32)24-15-14-23(34-24)19-8-12-21(13-9-19)33-5-2/h6-15H,4-5,16H2,1-3H3,(H,31,32)(H,28,29,30). The lowest BCUT2D eigenvalue weighted by atomic mass is 10.1. The van der Waals surface area contributed by atoms with E-state index < -0.39 is 5.97 Å². The molecule has 174 valence electrons. The van der Waals surface area contributed by atoms with E-state index in [4.69, 9.17) is 19.8 Å². The van der Waals surface area contributed by atoms with Crippen LogP contribution in [0.3, 0.4) is 0 Å². The predicted molar refractivity (Wildman–Crippen MR) is 137 cm³/mol. The number of aliphatic carboxylic acids is 1. The third-order valence-electron chi connectivity index (χ3n) is 5.42. The molecule has 34 heavy (non-hydrogen) atoms. The van der Waals surface area contributed by atoms with Gasteiger partial charge in [0.25, 0.3) is 0 Å². The van der Waals surface area contributed by atoms with Gasteiger partial charge in [-0.3, -0.25) is 4.79 Å². The summed E-state index contributed by atoms with van der Waals surface area (Å²) in [5.41, 5.74) is 4.74. The Bertz CT molecular complexity index is 1280. The Morgan fingerprint density at radius 2 is 1.68 bits per heavy atom. The summed E-state index contributed by atoms with van der Waals surface area (Å²) in [5.74, 6) is 1.48. The summed E-state index contributed by atoms with van der Waals surface area (Å²) >= 11 is 1.65. The molecule has 0 atom stereocenters. The van der Waals surface area contributed by atoms with Gasteiger partial charge in [-0.05, 0) is 79.9 Å². The predicted octanol–water partition coefficient (Wildman–Crippen LogP) is 6.51. The number of nitrogens with zero attached hydrogens (tertiary/aromatic N) is 2. The summed E-state index contributed by atoms with van der Waals surface area (Å²) in [6.07, 6.45) is 0.805. The molecule has 0 aliphatic heterocycles. The smallest absolute Gasteiger partial charge is 0.307 e. The first kappa shape index (κ1) is 23.4. The topological polar surface area (TPSA) is 84.3 Å². The SMILES string of the molecule is CCOc1ccc(-c2ccc(-c3nc(C)c(CC)c(Nc4ccc(CC(=O)O)cc4)n3)s2)cc1. The molecule has 4 aromatic rings. The maximum atomic E-state index is 10.9. The molecule has 4 rings (SSSR count). The number of anilines is 2. The van der Waals surface area contributed by atoms with Crippen LogP contribution in [0.25, 0.3) is 21.1 Å². The van der Waals surface area contributed by atoms with Crippen LogP contribution in [0, 0.1) is 6.92 Å². The lowest BCUT2D eigenvalue weighted by Crippen LogP contribution is -2.05. The lowest BCUT2D eigenvalue weighted by Gasteiger charge is -2.14. The molecule has 2 aromatic carbocycles. The monoisotopic (exact) mass is 473 g/mol. The first-order valence-electron chi connectivity index (χ1n) is 11.3. The molecule has 0 saturated heterocycles. The molecule has 2 aromatic heterocycles. The third kappa shape index (κ3) is 5.43. The molecule has 0 fully saturated rings. The molecule has 0 aliphatic carbocycles. The Morgan fingerprint density at radius 3 is 2.32 bits per heavy atom. The molecule has 0 bridgehead atoms. The van der Waals surface area contributed by atoms with Crippen LogP contribution < -0.4 is 10.1 Å². The maximum absolute atomic E-state index is 10.9. The number of aromatic nitrogens is 2. The number of ether oxygens (including phenoxy) is 1. The number of aryl methyl sites for hydroxylation is 1. The minimum Gasteiger partial charge on any atom is -0.494 e. The zero-order chi connectivity index (χ0) is 24.1. The Balaban J connectivity index is 1.61. The Hall–Kier alpha value is -3.71.